The van der Waals surface area contributed by atoms with Gasteiger partial charge < -0.3 is 14.4 Å². The van der Waals surface area contributed by atoms with Gasteiger partial charge in [-0.15, -0.1) is 0 Å². The molecule has 1 aromatic heterocycles. The summed E-state index contributed by atoms with van der Waals surface area (Å²) in [5.74, 6) is -0.338. The number of rotatable bonds is 4. The molecule has 0 radical (unpaired) electrons. The monoisotopic (exact) mass is 233 g/mol. The summed E-state index contributed by atoms with van der Waals surface area (Å²) in [4.78, 5) is 11.8. The Hall–Kier alpha value is -1.81. The van der Waals surface area contributed by atoms with Gasteiger partial charge in [0.2, 0.25) is 0 Å². The van der Waals surface area contributed by atoms with Gasteiger partial charge in [-0.1, -0.05) is 18.2 Å². The molecule has 2 aromatic rings. The van der Waals surface area contributed by atoms with E-state index in [1.54, 1.807) is 6.20 Å². The number of esters is 1. The van der Waals surface area contributed by atoms with Crippen LogP contribution in [0.3, 0.4) is 0 Å². The number of aryl methyl sites for hydroxylation is 1. The minimum absolute atomic E-state index is 0.0306. The topological polar surface area (TPSA) is 51.5 Å². The van der Waals surface area contributed by atoms with Gasteiger partial charge in [0.1, 0.15) is 0 Å². The standard InChI is InChI=1S/C13H15NO3/c1-14-9-11(13(16)17-8-4-7-15)10-5-2-3-6-12(10)14/h2-3,5-6,9,15H,4,7-8H2,1H3. The Bertz CT molecular complexity index is 530. The van der Waals surface area contributed by atoms with E-state index in [2.05, 4.69) is 0 Å². The lowest BCUT2D eigenvalue weighted by molar-refractivity contribution is 0.0484. The number of aliphatic hydroxyl groups is 1. The summed E-state index contributed by atoms with van der Waals surface area (Å²) in [6, 6.07) is 7.69. The first kappa shape index (κ1) is 11.7. The highest BCUT2D eigenvalue weighted by Crippen LogP contribution is 2.20. The van der Waals surface area contributed by atoms with E-state index in [1.807, 2.05) is 35.9 Å². The lowest BCUT2D eigenvalue weighted by atomic mass is 10.2. The van der Waals surface area contributed by atoms with Gasteiger partial charge in [-0.2, -0.15) is 0 Å². The molecular formula is C13H15NO3. The highest BCUT2D eigenvalue weighted by Gasteiger charge is 2.14. The third-order valence-corrected chi connectivity index (χ3v) is 2.65. The first-order valence-corrected chi connectivity index (χ1v) is 5.56. The van der Waals surface area contributed by atoms with Gasteiger partial charge in [0.15, 0.2) is 0 Å². The Morgan fingerprint density at radius 1 is 1.41 bits per heavy atom. The van der Waals surface area contributed by atoms with Crippen molar-refractivity contribution in [1.29, 1.82) is 0 Å². The minimum Gasteiger partial charge on any atom is -0.462 e. The first-order valence-electron chi connectivity index (χ1n) is 5.56. The molecule has 0 atom stereocenters. The number of hydrogen-bond donors (Lipinski definition) is 1. The fourth-order valence-corrected chi connectivity index (χ4v) is 1.81. The van der Waals surface area contributed by atoms with Gasteiger partial charge in [-0.25, -0.2) is 4.79 Å². The van der Waals surface area contributed by atoms with E-state index >= 15 is 0 Å². The quantitative estimate of drug-likeness (QED) is 0.646. The molecule has 0 aliphatic carbocycles. The smallest absolute Gasteiger partial charge is 0.340 e. The van der Waals surface area contributed by atoms with Crippen molar-refractivity contribution in [2.45, 2.75) is 6.42 Å². The number of carbonyl (C=O) groups is 1. The van der Waals surface area contributed by atoms with Crippen molar-refractivity contribution < 1.29 is 14.6 Å². The molecule has 1 N–H and O–H groups in total. The SMILES string of the molecule is Cn1cc(C(=O)OCCCO)c2ccccc21. The molecule has 2 rings (SSSR count). The Kier molecular flexibility index (Phi) is 3.44. The lowest BCUT2D eigenvalue weighted by Crippen LogP contribution is -2.06. The molecule has 0 aliphatic heterocycles. The number of carbonyl (C=O) groups excluding carboxylic acids is 1. The van der Waals surface area contributed by atoms with Crippen molar-refractivity contribution in [2.24, 2.45) is 7.05 Å². The number of aliphatic hydroxyl groups excluding tert-OH is 1. The largest absolute Gasteiger partial charge is 0.462 e. The average molecular weight is 233 g/mol. The number of ether oxygens (including phenoxy) is 1. The highest BCUT2D eigenvalue weighted by atomic mass is 16.5. The molecule has 0 saturated carbocycles. The van der Waals surface area contributed by atoms with Crippen LogP contribution in [0.5, 0.6) is 0 Å². The van der Waals surface area contributed by atoms with Gasteiger partial charge in [0.25, 0.3) is 0 Å². The van der Waals surface area contributed by atoms with Crippen LogP contribution in [0, 0.1) is 0 Å². The summed E-state index contributed by atoms with van der Waals surface area (Å²) >= 11 is 0. The second kappa shape index (κ2) is 5.01. The summed E-state index contributed by atoms with van der Waals surface area (Å²) in [7, 11) is 1.90. The molecule has 0 aliphatic rings. The van der Waals surface area contributed by atoms with Crippen molar-refractivity contribution in [3.8, 4) is 0 Å². The van der Waals surface area contributed by atoms with Crippen molar-refractivity contribution >= 4 is 16.9 Å². The van der Waals surface area contributed by atoms with Gasteiger partial charge in [0, 0.05) is 37.2 Å². The fourth-order valence-electron chi connectivity index (χ4n) is 1.81. The van der Waals surface area contributed by atoms with E-state index in [0.29, 0.717) is 12.0 Å². The molecule has 0 unspecified atom stereocenters. The molecule has 0 spiro atoms. The van der Waals surface area contributed by atoms with Crippen LogP contribution in [0.1, 0.15) is 16.8 Å². The van der Waals surface area contributed by atoms with Crippen LogP contribution in [0.15, 0.2) is 30.5 Å². The van der Waals surface area contributed by atoms with E-state index < -0.39 is 0 Å². The van der Waals surface area contributed by atoms with Crippen LogP contribution in [-0.4, -0.2) is 28.9 Å². The molecule has 0 fully saturated rings. The summed E-state index contributed by atoms with van der Waals surface area (Å²) < 4.78 is 6.98. The van der Waals surface area contributed by atoms with E-state index in [1.165, 1.54) is 0 Å². The normalized spacial score (nSPS) is 10.7. The Labute approximate surface area is 99.4 Å². The molecule has 90 valence electrons. The van der Waals surface area contributed by atoms with E-state index in [4.69, 9.17) is 9.84 Å². The molecule has 0 amide bonds. The van der Waals surface area contributed by atoms with E-state index in [-0.39, 0.29) is 19.2 Å². The molecule has 4 heteroatoms. The predicted molar refractivity (Wildman–Crippen MR) is 64.9 cm³/mol. The van der Waals surface area contributed by atoms with Crippen LogP contribution in [0.4, 0.5) is 0 Å². The van der Waals surface area contributed by atoms with Gasteiger partial charge in [0.05, 0.1) is 12.2 Å². The van der Waals surface area contributed by atoms with Crippen molar-refractivity contribution in [3.63, 3.8) is 0 Å². The average Bonchev–Trinajstić information content (AvgIpc) is 2.68. The van der Waals surface area contributed by atoms with Crippen LogP contribution < -0.4 is 0 Å². The summed E-state index contributed by atoms with van der Waals surface area (Å²) in [5.41, 5.74) is 1.57. The second-order valence-electron chi connectivity index (χ2n) is 3.88. The van der Waals surface area contributed by atoms with Crippen LogP contribution in [0.25, 0.3) is 10.9 Å². The Morgan fingerprint density at radius 2 is 2.18 bits per heavy atom. The second-order valence-corrected chi connectivity index (χ2v) is 3.88. The minimum atomic E-state index is -0.338. The highest BCUT2D eigenvalue weighted by molar-refractivity contribution is 6.04. The molecule has 1 aromatic carbocycles. The fraction of sp³-hybridized carbons (Fsp3) is 0.308. The van der Waals surface area contributed by atoms with Crippen molar-refractivity contribution in [3.05, 3.63) is 36.0 Å². The molecule has 17 heavy (non-hydrogen) atoms. The van der Waals surface area contributed by atoms with Crippen LogP contribution in [-0.2, 0) is 11.8 Å². The van der Waals surface area contributed by atoms with Gasteiger partial charge >= 0.3 is 5.97 Å². The predicted octanol–water partition coefficient (Wildman–Crippen LogP) is 1.72. The number of nitrogens with zero attached hydrogens (tertiary/aromatic N) is 1. The van der Waals surface area contributed by atoms with Crippen LogP contribution in [0.2, 0.25) is 0 Å². The third kappa shape index (κ3) is 2.31. The van der Waals surface area contributed by atoms with E-state index in [0.717, 1.165) is 10.9 Å². The number of para-hydroxylation sites is 1. The zero-order chi connectivity index (χ0) is 12.3. The summed E-state index contributed by atoms with van der Waals surface area (Å²) in [6.07, 6.45) is 2.24. The zero-order valence-corrected chi connectivity index (χ0v) is 9.72. The van der Waals surface area contributed by atoms with Gasteiger partial charge in [-0.05, 0) is 6.07 Å². The van der Waals surface area contributed by atoms with Crippen LogP contribution >= 0.6 is 0 Å². The Morgan fingerprint density at radius 3 is 2.94 bits per heavy atom. The molecule has 4 nitrogen and oxygen atoms in total. The maximum absolute atomic E-state index is 11.8. The number of fused-ring (bicyclic) bond motifs is 1. The first-order chi connectivity index (χ1) is 8.24. The molecule has 0 saturated heterocycles. The number of benzene rings is 1. The lowest BCUT2D eigenvalue weighted by Gasteiger charge is -2.01. The van der Waals surface area contributed by atoms with Crippen molar-refractivity contribution in [2.75, 3.05) is 13.2 Å². The molecular weight excluding hydrogens is 218 g/mol. The summed E-state index contributed by atoms with van der Waals surface area (Å²) in [5, 5.41) is 9.52. The van der Waals surface area contributed by atoms with E-state index in [9.17, 15) is 4.79 Å². The molecule has 0 bridgehead atoms. The number of hydrogen-bond acceptors (Lipinski definition) is 3. The number of aromatic nitrogens is 1. The Balaban J connectivity index is 2.26. The molecule has 1 heterocycles. The van der Waals surface area contributed by atoms with Crippen molar-refractivity contribution in [1.82, 2.24) is 4.57 Å². The summed E-state index contributed by atoms with van der Waals surface area (Å²) in [6.45, 7) is 0.279. The zero-order valence-electron chi connectivity index (χ0n) is 9.72. The maximum Gasteiger partial charge on any atom is 0.340 e. The third-order valence-electron chi connectivity index (χ3n) is 2.65. The van der Waals surface area contributed by atoms with Gasteiger partial charge in [-0.3, -0.25) is 0 Å². The maximum atomic E-state index is 11.8.